The minimum Gasteiger partial charge on any atom is -0.351 e. The van der Waals surface area contributed by atoms with Crippen LogP contribution in [0.15, 0.2) is 59.8 Å². The molecule has 0 bridgehead atoms. The maximum atomic E-state index is 12.8. The second-order valence-electron chi connectivity index (χ2n) is 5.66. The summed E-state index contributed by atoms with van der Waals surface area (Å²) in [6.07, 6.45) is 4.53. The summed E-state index contributed by atoms with van der Waals surface area (Å²) in [7, 11) is -3.65. The Balaban J connectivity index is 1.72. The number of aromatic nitrogens is 1. The lowest BCUT2D eigenvalue weighted by Gasteiger charge is -2.23. The largest absolute Gasteiger partial charge is 0.351 e. The number of nitrogens with zero attached hydrogens (tertiary/aromatic N) is 2. The molecule has 0 radical (unpaired) electrons. The van der Waals surface area contributed by atoms with Gasteiger partial charge in [0.25, 0.3) is 0 Å². The maximum absolute atomic E-state index is 12.8. The number of carbonyl (C=O) groups is 1. The number of pyridine rings is 1. The average molecular weight is 345 g/mol. The van der Waals surface area contributed by atoms with E-state index in [1.54, 1.807) is 42.7 Å². The third kappa shape index (κ3) is 3.47. The number of amides is 1. The van der Waals surface area contributed by atoms with Crippen molar-refractivity contribution in [3.8, 4) is 0 Å². The van der Waals surface area contributed by atoms with Crippen LogP contribution >= 0.6 is 0 Å². The number of hydrogen-bond donors (Lipinski definition) is 1. The Hall–Kier alpha value is -2.25. The van der Waals surface area contributed by atoms with Gasteiger partial charge in [-0.2, -0.15) is 4.31 Å². The summed E-state index contributed by atoms with van der Waals surface area (Å²) < 4.78 is 26.8. The Kier molecular flexibility index (Phi) is 4.92. The highest BCUT2D eigenvalue weighted by Crippen LogP contribution is 2.26. The van der Waals surface area contributed by atoms with Gasteiger partial charge < -0.3 is 5.32 Å². The van der Waals surface area contributed by atoms with Gasteiger partial charge in [0.2, 0.25) is 15.9 Å². The summed E-state index contributed by atoms with van der Waals surface area (Å²) in [5.41, 5.74) is 0.925. The molecule has 1 N–H and O–H groups in total. The van der Waals surface area contributed by atoms with Gasteiger partial charge in [-0.3, -0.25) is 9.78 Å². The number of hydrogen-bond acceptors (Lipinski definition) is 4. The molecule has 1 aromatic carbocycles. The first kappa shape index (κ1) is 16.6. The predicted molar refractivity (Wildman–Crippen MR) is 89.4 cm³/mol. The zero-order valence-electron chi connectivity index (χ0n) is 13.1. The van der Waals surface area contributed by atoms with E-state index in [-0.39, 0.29) is 10.8 Å². The topological polar surface area (TPSA) is 79.4 Å². The molecule has 2 aromatic rings. The molecule has 0 spiro atoms. The fourth-order valence-corrected chi connectivity index (χ4v) is 4.50. The molecule has 1 saturated heterocycles. The summed E-state index contributed by atoms with van der Waals surface area (Å²) in [4.78, 5) is 16.6. The van der Waals surface area contributed by atoms with Crippen molar-refractivity contribution in [1.82, 2.24) is 14.6 Å². The van der Waals surface area contributed by atoms with Crippen LogP contribution in [0.25, 0.3) is 0 Å². The summed E-state index contributed by atoms with van der Waals surface area (Å²) in [6.45, 7) is 0.724. The molecule has 1 aliphatic heterocycles. The molecule has 0 aliphatic carbocycles. The SMILES string of the molecule is O=C(NCc1ccncc1)C1CCCN1S(=O)(=O)c1ccccc1. The number of nitrogens with one attached hydrogen (secondary N) is 1. The molecular weight excluding hydrogens is 326 g/mol. The maximum Gasteiger partial charge on any atom is 0.243 e. The number of benzene rings is 1. The monoisotopic (exact) mass is 345 g/mol. The molecule has 3 rings (SSSR count). The summed E-state index contributed by atoms with van der Waals surface area (Å²) in [5, 5.41) is 2.82. The van der Waals surface area contributed by atoms with Crippen LogP contribution in [0.3, 0.4) is 0 Å². The van der Waals surface area contributed by atoms with Crippen molar-refractivity contribution in [2.45, 2.75) is 30.3 Å². The zero-order valence-corrected chi connectivity index (χ0v) is 13.9. The van der Waals surface area contributed by atoms with Crippen LogP contribution in [0, 0.1) is 0 Å². The fourth-order valence-electron chi connectivity index (χ4n) is 2.83. The Morgan fingerprint density at radius 3 is 2.58 bits per heavy atom. The van der Waals surface area contributed by atoms with Crippen LogP contribution in [0.2, 0.25) is 0 Å². The molecule has 1 aliphatic rings. The third-order valence-electron chi connectivity index (χ3n) is 4.07. The van der Waals surface area contributed by atoms with Gasteiger partial charge in [0.05, 0.1) is 4.90 Å². The van der Waals surface area contributed by atoms with Crippen LogP contribution in [0.4, 0.5) is 0 Å². The van der Waals surface area contributed by atoms with E-state index >= 15 is 0 Å². The number of carbonyl (C=O) groups excluding carboxylic acids is 1. The second kappa shape index (κ2) is 7.11. The first-order valence-electron chi connectivity index (χ1n) is 7.82. The highest BCUT2D eigenvalue weighted by atomic mass is 32.2. The summed E-state index contributed by atoms with van der Waals surface area (Å²) >= 11 is 0. The predicted octanol–water partition coefficient (Wildman–Crippen LogP) is 1.55. The van der Waals surface area contributed by atoms with Crippen molar-refractivity contribution in [3.05, 3.63) is 60.4 Å². The lowest BCUT2D eigenvalue weighted by atomic mass is 10.2. The standard InChI is InChI=1S/C17H19N3O3S/c21-17(19-13-14-8-10-18-11-9-14)16-7-4-12-20(16)24(22,23)15-5-2-1-3-6-15/h1-3,5-6,8-11,16H,4,7,12-13H2,(H,19,21). The highest BCUT2D eigenvalue weighted by Gasteiger charge is 2.39. The quantitative estimate of drug-likeness (QED) is 0.892. The van der Waals surface area contributed by atoms with E-state index in [0.29, 0.717) is 25.9 Å². The Morgan fingerprint density at radius 2 is 1.88 bits per heavy atom. The number of rotatable bonds is 5. The van der Waals surface area contributed by atoms with Crippen molar-refractivity contribution in [3.63, 3.8) is 0 Å². The van der Waals surface area contributed by atoms with E-state index in [0.717, 1.165) is 5.56 Å². The van der Waals surface area contributed by atoms with Crippen LogP contribution in [-0.2, 0) is 21.4 Å². The average Bonchev–Trinajstić information content (AvgIpc) is 3.12. The Morgan fingerprint density at radius 1 is 1.17 bits per heavy atom. The minimum atomic E-state index is -3.65. The number of sulfonamides is 1. The molecule has 6 nitrogen and oxygen atoms in total. The molecule has 1 atom stereocenters. The molecule has 1 fully saturated rings. The van der Waals surface area contributed by atoms with Gasteiger partial charge in [0, 0.05) is 25.5 Å². The van der Waals surface area contributed by atoms with Gasteiger partial charge in [0.1, 0.15) is 6.04 Å². The molecular formula is C17H19N3O3S. The Labute approximate surface area is 141 Å². The van der Waals surface area contributed by atoms with Crippen LogP contribution in [0.1, 0.15) is 18.4 Å². The van der Waals surface area contributed by atoms with Gasteiger partial charge in [0.15, 0.2) is 0 Å². The molecule has 24 heavy (non-hydrogen) atoms. The molecule has 1 aromatic heterocycles. The van der Waals surface area contributed by atoms with E-state index in [9.17, 15) is 13.2 Å². The molecule has 126 valence electrons. The van der Waals surface area contributed by atoms with Crippen molar-refractivity contribution >= 4 is 15.9 Å². The van der Waals surface area contributed by atoms with E-state index < -0.39 is 16.1 Å². The van der Waals surface area contributed by atoms with Gasteiger partial charge in [-0.1, -0.05) is 18.2 Å². The van der Waals surface area contributed by atoms with E-state index in [1.165, 1.54) is 4.31 Å². The van der Waals surface area contributed by atoms with E-state index in [1.807, 2.05) is 12.1 Å². The second-order valence-corrected chi connectivity index (χ2v) is 7.55. The van der Waals surface area contributed by atoms with Crippen molar-refractivity contribution in [1.29, 1.82) is 0 Å². The molecule has 0 saturated carbocycles. The van der Waals surface area contributed by atoms with Crippen LogP contribution in [0.5, 0.6) is 0 Å². The molecule has 2 heterocycles. The lowest BCUT2D eigenvalue weighted by molar-refractivity contribution is -0.124. The first-order chi connectivity index (χ1) is 11.6. The zero-order chi connectivity index (χ0) is 17.0. The van der Waals surface area contributed by atoms with E-state index in [2.05, 4.69) is 10.3 Å². The van der Waals surface area contributed by atoms with Crippen LogP contribution in [-0.4, -0.2) is 36.2 Å². The summed E-state index contributed by atoms with van der Waals surface area (Å²) in [6, 6.07) is 11.2. The lowest BCUT2D eigenvalue weighted by Crippen LogP contribution is -2.45. The van der Waals surface area contributed by atoms with Gasteiger partial charge in [-0.15, -0.1) is 0 Å². The van der Waals surface area contributed by atoms with Crippen molar-refractivity contribution in [2.75, 3.05) is 6.54 Å². The van der Waals surface area contributed by atoms with E-state index in [4.69, 9.17) is 0 Å². The van der Waals surface area contributed by atoms with Gasteiger partial charge >= 0.3 is 0 Å². The normalized spacial score (nSPS) is 18.4. The van der Waals surface area contributed by atoms with Crippen molar-refractivity contribution in [2.24, 2.45) is 0 Å². The minimum absolute atomic E-state index is 0.221. The molecule has 1 unspecified atom stereocenters. The smallest absolute Gasteiger partial charge is 0.243 e. The first-order valence-corrected chi connectivity index (χ1v) is 9.26. The highest BCUT2D eigenvalue weighted by molar-refractivity contribution is 7.89. The molecule has 1 amide bonds. The van der Waals surface area contributed by atoms with Crippen molar-refractivity contribution < 1.29 is 13.2 Å². The fraction of sp³-hybridized carbons (Fsp3) is 0.294. The summed E-state index contributed by atoms with van der Waals surface area (Å²) in [5.74, 6) is -0.260. The Bertz CT molecular complexity index is 794. The third-order valence-corrected chi connectivity index (χ3v) is 5.99. The van der Waals surface area contributed by atoms with Gasteiger partial charge in [-0.25, -0.2) is 8.42 Å². The van der Waals surface area contributed by atoms with Gasteiger partial charge in [-0.05, 0) is 42.7 Å². The molecule has 7 heteroatoms. The van der Waals surface area contributed by atoms with Crippen LogP contribution < -0.4 is 5.32 Å².